The number of benzene rings is 2. The Labute approximate surface area is 334 Å². The van der Waals surface area contributed by atoms with Gasteiger partial charge in [-0.05, 0) is 28.7 Å². The first-order valence-electron chi connectivity index (χ1n) is 20.5. The molecule has 0 saturated heterocycles. The highest BCUT2D eigenvalue weighted by atomic mass is 16.6. The molecule has 0 aliphatic heterocycles. The summed E-state index contributed by atoms with van der Waals surface area (Å²) in [6.07, 6.45) is 7.03. The van der Waals surface area contributed by atoms with E-state index in [4.69, 9.17) is 47.4 Å². The molecular weight excluding hydrogens is 722 g/mol. The molecule has 0 heterocycles. The van der Waals surface area contributed by atoms with Crippen LogP contribution in [0, 0.1) is 0 Å². The predicted octanol–water partition coefficient (Wildman–Crippen LogP) is 6.29. The summed E-state index contributed by atoms with van der Waals surface area (Å²) in [5, 5.41) is 0. The number of carbonyl (C=O) groups excluding carboxylic acids is 2. The Kier molecular flexibility index (Phi) is 26.9. The number of esters is 1. The van der Waals surface area contributed by atoms with Crippen molar-refractivity contribution in [1.82, 2.24) is 4.90 Å². The van der Waals surface area contributed by atoms with E-state index in [2.05, 4.69) is 31.2 Å². The van der Waals surface area contributed by atoms with Gasteiger partial charge in [-0.15, -0.1) is 0 Å². The van der Waals surface area contributed by atoms with Crippen molar-refractivity contribution in [3.05, 3.63) is 59.7 Å². The third-order valence-electron chi connectivity index (χ3n) is 9.05. The SMILES string of the molecule is CCCCCCCCC(=O)OCCOCCOCCOCCOCCOCCOCCOCCOCCN(C)C(=O)OCC1c2ccccc2-c2ccccc21. The van der Waals surface area contributed by atoms with Crippen LogP contribution in [0.25, 0.3) is 11.1 Å². The molecule has 0 radical (unpaired) electrons. The molecule has 1 aliphatic rings. The van der Waals surface area contributed by atoms with Crippen LogP contribution in [-0.4, -0.2) is 149 Å². The fourth-order valence-electron chi connectivity index (χ4n) is 5.97. The van der Waals surface area contributed by atoms with Crippen molar-refractivity contribution < 1.29 is 57.0 Å². The molecule has 0 fully saturated rings. The van der Waals surface area contributed by atoms with Gasteiger partial charge in [0.2, 0.25) is 0 Å². The molecule has 1 amide bonds. The van der Waals surface area contributed by atoms with Crippen molar-refractivity contribution in [2.24, 2.45) is 0 Å². The van der Waals surface area contributed by atoms with Crippen LogP contribution >= 0.6 is 0 Å². The average molecular weight is 790 g/mol. The van der Waals surface area contributed by atoms with Gasteiger partial charge in [-0.3, -0.25) is 4.79 Å². The lowest BCUT2D eigenvalue weighted by molar-refractivity contribution is -0.145. The molecule has 56 heavy (non-hydrogen) atoms. The second-order valence-electron chi connectivity index (χ2n) is 13.4. The minimum absolute atomic E-state index is 0.0368. The van der Waals surface area contributed by atoms with Crippen LogP contribution in [0.1, 0.15) is 68.9 Å². The van der Waals surface area contributed by atoms with Crippen LogP contribution in [0.5, 0.6) is 0 Å². The summed E-state index contributed by atoms with van der Waals surface area (Å²) < 4.78 is 55.0. The molecule has 0 N–H and O–H groups in total. The number of hydrogen-bond acceptors (Lipinski definition) is 12. The lowest BCUT2D eigenvalue weighted by Crippen LogP contribution is -2.32. The summed E-state index contributed by atoms with van der Waals surface area (Å²) in [7, 11) is 1.71. The molecule has 3 rings (SSSR count). The zero-order chi connectivity index (χ0) is 39.7. The van der Waals surface area contributed by atoms with Crippen LogP contribution < -0.4 is 0 Å². The van der Waals surface area contributed by atoms with E-state index >= 15 is 0 Å². The van der Waals surface area contributed by atoms with E-state index in [1.165, 1.54) is 52.8 Å². The molecule has 2 aromatic carbocycles. The number of ether oxygens (including phenoxy) is 10. The van der Waals surface area contributed by atoms with Crippen molar-refractivity contribution in [1.29, 1.82) is 0 Å². The Morgan fingerprint density at radius 2 is 0.893 bits per heavy atom. The highest BCUT2D eigenvalue weighted by Gasteiger charge is 2.29. The summed E-state index contributed by atoms with van der Waals surface area (Å²) >= 11 is 0. The number of nitrogens with zero attached hydrogens (tertiary/aromatic N) is 1. The summed E-state index contributed by atoms with van der Waals surface area (Å²) in [4.78, 5) is 25.8. The van der Waals surface area contributed by atoms with E-state index in [9.17, 15) is 9.59 Å². The van der Waals surface area contributed by atoms with Crippen molar-refractivity contribution in [2.75, 3.05) is 133 Å². The number of fused-ring (bicyclic) bond motifs is 3. The zero-order valence-corrected chi connectivity index (χ0v) is 33.9. The van der Waals surface area contributed by atoms with Crippen molar-refractivity contribution >= 4 is 12.1 Å². The van der Waals surface area contributed by atoms with Crippen LogP contribution in [-0.2, 0) is 52.2 Å². The summed E-state index contributed by atoms with van der Waals surface area (Å²) in [6.45, 7) is 10.5. The first-order valence-corrected chi connectivity index (χ1v) is 20.5. The maximum atomic E-state index is 12.6. The number of carbonyl (C=O) groups is 2. The third-order valence-corrected chi connectivity index (χ3v) is 9.05. The van der Waals surface area contributed by atoms with Gasteiger partial charge in [0.25, 0.3) is 0 Å². The number of amides is 1. The maximum Gasteiger partial charge on any atom is 0.409 e. The third kappa shape index (κ3) is 20.9. The predicted molar refractivity (Wildman–Crippen MR) is 213 cm³/mol. The Balaban J connectivity index is 0.974. The molecule has 0 atom stereocenters. The van der Waals surface area contributed by atoms with E-state index in [1.807, 2.05) is 24.3 Å². The second kappa shape index (κ2) is 31.9. The second-order valence-corrected chi connectivity index (χ2v) is 13.4. The lowest BCUT2D eigenvalue weighted by Gasteiger charge is -2.19. The van der Waals surface area contributed by atoms with Crippen LogP contribution in [0.3, 0.4) is 0 Å². The van der Waals surface area contributed by atoms with Crippen molar-refractivity contribution in [3.63, 3.8) is 0 Å². The van der Waals surface area contributed by atoms with Gasteiger partial charge in [-0.1, -0.05) is 87.6 Å². The fourth-order valence-corrected chi connectivity index (χ4v) is 5.97. The van der Waals surface area contributed by atoms with E-state index in [-0.39, 0.29) is 24.6 Å². The van der Waals surface area contributed by atoms with Gasteiger partial charge in [0, 0.05) is 25.9 Å². The Bertz CT molecular complexity index is 1250. The van der Waals surface area contributed by atoms with Crippen LogP contribution in [0.15, 0.2) is 48.5 Å². The number of unbranched alkanes of at least 4 members (excludes halogenated alkanes) is 5. The minimum Gasteiger partial charge on any atom is -0.463 e. The fraction of sp³-hybridized carbons (Fsp3) is 0.674. The number of hydrogen-bond donors (Lipinski definition) is 0. The van der Waals surface area contributed by atoms with Crippen molar-refractivity contribution in [2.45, 2.75) is 57.8 Å². The first kappa shape index (κ1) is 47.2. The van der Waals surface area contributed by atoms with Crippen LogP contribution in [0.2, 0.25) is 0 Å². The van der Waals surface area contributed by atoms with E-state index < -0.39 is 0 Å². The molecule has 316 valence electrons. The molecule has 0 aromatic heterocycles. The molecule has 1 aliphatic carbocycles. The molecular formula is C43H67NO12. The van der Waals surface area contributed by atoms with Gasteiger partial charge >= 0.3 is 12.1 Å². The van der Waals surface area contributed by atoms with Gasteiger partial charge in [0.05, 0.1) is 106 Å². The van der Waals surface area contributed by atoms with Gasteiger partial charge in [0.15, 0.2) is 0 Å². The first-order chi connectivity index (χ1) is 27.6. The molecule has 0 unspecified atom stereocenters. The molecule has 0 bridgehead atoms. The average Bonchev–Trinajstić information content (AvgIpc) is 3.54. The number of likely N-dealkylation sites (N-methyl/N-ethyl adjacent to an activating group) is 1. The molecule has 2 aromatic rings. The molecule has 0 spiro atoms. The van der Waals surface area contributed by atoms with Gasteiger partial charge in [0.1, 0.15) is 13.2 Å². The van der Waals surface area contributed by atoms with Crippen LogP contribution in [0.4, 0.5) is 4.79 Å². The number of rotatable bonds is 36. The topological polar surface area (TPSA) is 130 Å². The van der Waals surface area contributed by atoms with Crippen molar-refractivity contribution in [3.8, 4) is 11.1 Å². The van der Waals surface area contributed by atoms with E-state index in [1.54, 1.807) is 7.05 Å². The normalized spacial score (nSPS) is 12.1. The maximum absolute atomic E-state index is 12.6. The van der Waals surface area contributed by atoms with Gasteiger partial charge in [-0.25, -0.2) is 4.79 Å². The smallest absolute Gasteiger partial charge is 0.409 e. The zero-order valence-electron chi connectivity index (χ0n) is 33.9. The Morgan fingerprint density at radius 1 is 0.500 bits per heavy atom. The Hall–Kier alpha value is -3.14. The quantitative estimate of drug-likeness (QED) is 0.0568. The highest BCUT2D eigenvalue weighted by molar-refractivity contribution is 5.79. The van der Waals surface area contributed by atoms with E-state index in [0.717, 1.165) is 12.8 Å². The largest absolute Gasteiger partial charge is 0.463 e. The standard InChI is InChI=1S/C43H67NO12/c1-3-4-5-6-7-8-17-42(45)55-35-34-54-33-32-53-31-30-52-29-28-51-27-26-50-25-24-49-23-22-48-21-20-47-19-18-44(2)43(46)56-36-41-39-15-11-9-13-37(39)38-14-10-12-16-40(38)41/h9-16,41H,3-8,17-36H2,1-2H3. The summed E-state index contributed by atoms with van der Waals surface area (Å²) in [5.74, 6) is -0.111. The summed E-state index contributed by atoms with van der Waals surface area (Å²) in [6, 6.07) is 16.6. The lowest BCUT2D eigenvalue weighted by atomic mass is 9.98. The van der Waals surface area contributed by atoms with Gasteiger partial charge < -0.3 is 52.3 Å². The molecule has 13 heteroatoms. The van der Waals surface area contributed by atoms with E-state index in [0.29, 0.717) is 125 Å². The summed E-state index contributed by atoms with van der Waals surface area (Å²) in [5.41, 5.74) is 4.79. The Morgan fingerprint density at radius 3 is 1.36 bits per heavy atom. The van der Waals surface area contributed by atoms with Gasteiger partial charge in [-0.2, -0.15) is 0 Å². The monoisotopic (exact) mass is 789 g/mol. The minimum atomic E-state index is -0.366. The molecule has 0 saturated carbocycles. The highest BCUT2D eigenvalue weighted by Crippen LogP contribution is 2.44. The molecule has 13 nitrogen and oxygen atoms in total.